The lowest BCUT2D eigenvalue weighted by Crippen LogP contribution is -2.29. The van der Waals surface area contributed by atoms with E-state index in [1.807, 2.05) is 13.0 Å². The van der Waals surface area contributed by atoms with Gasteiger partial charge in [0, 0.05) is 33.4 Å². The highest BCUT2D eigenvalue weighted by Crippen LogP contribution is 2.29. The van der Waals surface area contributed by atoms with Gasteiger partial charge in [-0.05, 0) is 42.0 Å². The van der Waals surface area contributed by atoms with Gasteiger partial charge in [0.05, 0.1) is 12.3 Å². The molecule has 1 unspecified atom stereocenters. The van der Waals surface area contributed by atoms with Crippen LogP contribution in [0, 0.1) is 6.92 Å². The van der Waals surface area contributed by atoms with E-state index < -0.39 is 0 Å². The van der Waals surface area contributed by atoms with Crippen molar-refractivity contribution in [2.24, 2.45) is 5.73 Å². The molecule has 2 rings (SSSR count). The fourth-order valence-electron chi connectivity index (χ4n) is 1.97. The molecule has 0 aliphatic carbocycles. The van der Waals surface area contributed by atoms with Crippen molar-refractivity contribution in [3.8, 4) is 0 Å². The van der Waals surface area contributed by atoms with Crippen LogP contribution < -0.4 is 5.73 Å². The Bertz CT molecular complexity index is 509. The molecule has 0 amide bonds. The van der Waals surface area contributed by atoms with E-state index in [2.05, 4.69) is 39.3 Å². The topological polar surface area (TPSA) is 42.4 Å². The Hall–Kier alpha value is -0.620. The molecule has 5 heteroatoms. The lowest BCUT2D eigenvalue weighted by molar-refractivity contribution is 0.243. The second-order valence-corrected chi connectivity index (χ2v) is 6.19. The Kier molecular flexibility index (Phi) is 4.61. The highest BCUT2D eigenvalue weighted by molar-refractivity contribution is 9.10. The minimum absolute atomic E-state index is 0.246. The third kappa shape index (κ3) is 3.03. The molecule has 2 aromatic heterocycles. The number of aryl methyl sites for hydroxylation is 1. The van der Waals surface area contributed by atoms with Gasteiger partial charge in [0.2, 0.25) is 0 Å². The molecule has 0 saturated carbocycles. The fraction of sp³-hybridized carbons (Fsp3) is 0.385. The van der Waals surface area contributed by atoms with Crippen molar-refractivity contribution in [3.63, 3.8) is 0 Å². The largest absolute Gasteiger partial charge is 0.469 e. The molecule has 18 heavy (non-hydrogen) atoms. The predicted molar refractivity (Wildman–Crippen MR) is 78.7 cm³/mol. The fourth-order valence-corrected chi connectivity index (χ4v) is 3.59. The minimum Gasteiger partial charge on any atom is -0.469 e. The Labute approximate surface area is 120 Å². The molecule has 0 saturated heterocycles. The van der Waals surface area contributed by atoms with Gasteiger partial charge in [-0.15, -0.1) is 11.3 Å². The van der Waals surface area contributed by atoms with Crippen molar-refractivity contribution in [3.05, 3.63) is 44.4 Å². The number of thiophene rings is 1. The van der Waals surface area contributed by atoms with Gasteiger partial charge in [-0.3, -0.25) is 4.90 Å². The molecule has 3 nitrogen and oxygen atoms in total. The van der Waals surface area contributed by atoms with Crippen LogP contribution in [0.1, 0.15) is 22.2 Å². The number of hydrogen-bond acceptors (Lipinski definition) is 4. The quantitative estimate of drug-likeness (QED) is 0.912. The summed E-state index contributed by atoms with van der Waals surface area (Å²) in [6.45, 7) is 3.45. The van der Waals surface area contributed by atoms with E-state index in [9.17, 15) is 0 Å². The van der Waals surface area contributed by atoms with Crippen molar-refractivity contribution in [1.82, 2.24) is 4.90 Å². The first-order valence-electron chi connectivity index (χ1n) is 5.79. The summed E-state index contributed by atoms with van der Waals surface area (Å²) in [5.41, 5.74) is 7.12. The summed E-state index contributed by atoms with van der Waals surface area (Å²) >= 11 is 5.22. The van der Waals surface area contributed by atoms with Crippen LogP contribution in [0.15, 0.2) is 32.7 Å². The third-order valence-electron chi connectivity index (χ3n) is 3.06. The number of hydrogen-bond donors (Lipinski definition) is 1. The summed E-state index contributed by atoms with van der Waals surface area (Å²) in [5, 5.41) is 2.09. The van der Waals surface area contributed by atoms with Crippen LogP contribution in [0.3, 0.4) is 0 Å². The monoisotopic (exact) mass is 328 g/mol. The van der Waals surface area contributed by atoms with Crippen LogP contribution in [-0.4, -0.2) is 18.5 Å². The Morgan fingerprint density at radius 2 is 2.33 bits per heavy atom. The third-order valence-corrected chi connectivity index (χ3v) is 4.85. The molecule has 98 valence electrons. The van der Waals surface area contributed by atoms with Crippen molar-refractivity contribution in [1.29, 1.82) is 0 Å². The summed E-state index contributed by atoms with van der Waals surface area (Å²) < 4.78 is 6.45. The van der Waals surface area contributed by atoms with Crippen LogP contribution >= 0.6 is 27.3 Å². The van der Waals surface area contributed by atoms with Crippen molar-refractivity contribution in [2.45, 2.75) is 19.5 Å². The maximum atomic E-state index is 5.91. The first-order valence-corrected chi connectivity index (χ1v) is 7.46. The Morgan fingerprint density at radius 3 is 2.83 bits per heavy atom. The maximum Gasteiger partial charge on any atom is 0.105 e. The maximum absolute atomic E-state index is 5.91. The van der Waals surface area contributed by atoms with Gasteiger partial charge in [-0.25, -0.2) is 0 Å². The number of halogens is 1. The summed E-state index contributed by atoms with van der Waals surface area (Å²) in [7, 11) is 2.09. The molecule has 0 aliphatic rings. The van der Waals surface area contributed by atoms with E-state index in [1.165, 1.54) is 10.4 Å². The normalized spacial score (nSPS) is 13.2. The van der Waals surface area contributed by atoms with E-state index in [0.717, 1.165) is 16.8 Å². The average molecular weight is 329 g/mol. The lowest BCUT2D eigenvalue weighted by atomic mass is 10.2. The molecule has 0 radical (unpaired) electrons. The molecule has 0 fully saturated rings. The highest BCUT2D eigenvalue weighted by atomic mass is 79.9. The smallest absolute Gasteiger partial charge is 0.105 e. The predicted octanol–water partition coefficient (Wildman–Crippen LogP) is 3.54. The molecule has 1 atom stereocenters. The summed E-state index contributed by atoms with van der Waals surface area (Å²) in [6, 6.07) is 4.40. The summed E-state index contributed by atoms with van der Waals surface area (Å²) in [6.07, 6.45) is 1.73. The van der Waals surface area contributed by atoms with Gasteiger partial charge in [0.25, 0.3) is 0 Å². The average Bonchev–Trinajstić information content (AvgIpc) is 2.91. The second kappa shape index (κ2) is 6.02. The van der Waals surface area contributed by atoms with Crippen molar-refractivity contribution < 1.29 is 4.42 Å². The zero-order chi connectivity index (χ0) is 13.1. The van der Waals surface area contributed by atoms with Crippen LogP contribution in [0.2, 0.25) is 0 Å². The molecule has 0 spiro atoms. The number of rotatable bonds is 5. The lowest BCUT2D eigenvalue weighted by Gasteiger charge is -2.25. The number of furan rings is 1. The Morgan fingerprint density at radius 1 is 1.56 bits per heavy atom. The zero-order valence-electron chi connectivity index (χ0n) is 10.5. The molecular formula is C13H17BrN2OS. The number of nitrogens with two attached hydrogens (primary N) is 1. The van der Waals surface area contributed by atoms with Crippen LogP contribution in [0.4, 0.5) is 0 Å². The van der Waals surface area contributed by atoms with Gasteiger partial charge in [0.15, 0.2) is 0 Å². The SMILES string of the molecule is Cc1occc1CN(C)C(CN)c1cc(Br)cs1. The van der Waals surface area contributed by atoms with E-state index in [1.54, 1.807) is 17.6 Å². The van der Waals surface area contributed by atoms with Gasteiger partial charge >= 0.3 is 0 Å². The first kappa shape index (κ1) is 13.8. The van der Waals surface area contributed by atoms with Gasteiger partial charge in [-0.2, -0.15) is 0 Å². The van der Waals surface area contributed by atoms with Crippen molar-refractivity contribution >= 4 is 27.3 Å². The highest BCUT2D eigenvalue weighted by Gasteiger charge is 2.18. The van der Waals surface area contributed by atoms with Crippen molar-refractivity contribution in [2.75, 3.05) is 13.6 Å². The second-order valence-electron chi connectivity index (χ2n) is 4.34. The van der Waals surface area contributed by atoms with Gasteiger partial charge < -0.3 is 10.2 Å². The van der Waals surface area contributed by atoms with Crippen LogP contribution in [0.25, 0.3) is 0 Å². The summed E-state index contributed by atoms with van der Waals surface area (Å²) in [5.74, 6) is 0.977. The number of likely N-dealkylation sites (N-methyl/N-ethyl adjacent to an activating group) is 1. The van der Waals surface area contributed by atoms with Crippen LogP contribution in [0.5, 0.6) is 0 Å². The molecule has 2 heterocycles. The molecule has 0 aromatic carbocycles. The molecule has 2 aromatic rings. The standard InChI is InChI=1S/C13H17BrN2OS/c1-9-10(3-4-17-9)7-16(2)12(6-15)13-5-11(14)8-18-13/h3-5,8,12H,6-7,15H2,1-2H3. The van der Waals surface area contributed by atoms with Gasteiger partial charge in [0.1, 0.15) is 5.76 Å². The van der Waals surface area contributed by atoms with Gasteiger partial charge in [-0.1, -0.05) is 0 Å². The molecular weight excluding hydrogens is 312 g/mol. The van der Waals surface area contributed by atoms with E-state index >= 15 is 0 Å². The number of nitrogens with zero attached hydrogens (tertiary/aromatic N) is 1. The first-order chi connectivity index (χ1) is 8.61. The Balaban J connectivity index is 2.11. The van der Waals surface area contributed by atoms with Crippen LogP contribution in [-0.2, 0) is 6.54 Å². The van der Waals surface area contributed by atoms with E-state index in [-0.39, 0.29) is 6.04 Å². The summed E-state index contributed by atoms with van der Waals surface area (Å²) in [4.78, 5) is 3.55. The molecule has 2 N–H and O–H groups in total. The van der Waals surface area contributed by atoms with E-state index in [0.29, 0.717) is 6.54 Å². The molecule has 0 bridgehead atoms. The van der Waals surface area contributed by atoms with E-state index in [4.69, 9.17) is 10.2 Å². The molecule has 0 aliphatic heterocycles. The minimum atomic E-state index is 0.246. The zero-order valence-corrected chi connectivity index (χ0v) is 12.9.